The third kappa shape index (κ3) is 3.23. The van der Waals surface area contributed by atoms with E-state index in [0.717, 1.165) is 18.3 Å². The van der Waals surface area contributed by atoms with Gasteiger partial charge in [-0.1, -0.05) is 0 Å². The van der Waals surface area contributed by atoms with Crippen LogP contribution in [0.4, 0.5) is 5.82 Å². The molecule has 4 nitrogen and oxygen atoms in total. The number of nitrogens with one attached hydrogen (secondary N) is 2. The van der Waals surface area contributed by atoms with Crippen LogP contribution in [0.3, 0.4) is 0 Å². The van der Waals surface area contributed by atoms with E-state index >= 15 is 0 Å². The quantitative estimate of drug-likeness (QED) is 0.715. The number of aryl methyl sites for hydroxylation is 1. The van der Waals surface area contributed by atoms with Crippen molar-refractivity contribution in [2.24, 2.45) is 13.0 Å². The summed E-state index contributed by atoms with van der Waals surface area (Å²) in [5, 5.41) is 11.0. The zero-order valence-corrected chi connectivity index (χ0v) is 9.37. The summed E-state index contributed by atoms with van der Waals surface area (Å²) in [5.74, 6) is 1.89. The van der Waals surface area contributed by atoms with Crippen molar-refractivity contribution in [2.75, 3.05) is 25.0 Å². The van der Waals surface area contributed by atoms with Crippen molar-refractivity contribution in [3.05, 3.63) is 12.3 Å². The van der Waals surface area contributed by atoms with Crippen molar-refractivity contribution < 1.29 is 0 Å². The van der Waals surface area contributed by atoms with Crippen LogP contribution in [-0.4, -0.2) is 29.4 Å². The maximum Gasteiger partial charge on any atom is 0.147 e. The van der Waals surface area contributed by atoms with Gasteiger partial charge in [-0.05, 0) is 38.3 Å². The first-order valence-corrected chi connectivity index (χ1v) is 5.79. The normalized spacial score (nSPS) is 20.7. The zero-order chi connectivity index (χ0) is 10.5. The van der Waals surface area contributed by atoms with E-state index in [1.807, 2.05) is 24.0 Å². The van der Waals surface area contributed by atoms with Crippen LogP contribution in [0.25, 0.3) is 0 Å². The summed E-state index contributed by atoms with van der Waals surface area (Å²) in [4.78, 5) is 0. The molecular formula is C11H20N4. The average Bonchev–Trinajstić information content (AvgIpc) is 2.84. The minimum atomic E-state index is 0.899. The fraction of sp³-hybridized carbons (Fsp3) is 0.727. The van der Waals surface area contributed by atoms with Crippen molar-refractivity contribution in [1.82, 2.24) is 15.1 Å². The molecule has 0 amide bonds. The molecule has 0 aliphatic carbocycles. The fourth-order valence-electron chi connectivity index (χ4n) is 2.08. The molecule has 1 aliphatic heterocycles. The Hall–Kier alpha value is -1.03. The minimum absolute atomic E-state index is 0.899. The Morgan fingerprint density at radius 1 is 1.67 bits per heavy atom. The van der Waals surface area contributed by atoms with Gasteiger partial charge >= 0.3 is 0 Å². The second kappa shape index (κ2) is 5.16. The third-order valence-electron chi connectivity index (χ3n) is 2.97. The molecular weight excluding hydrogens is 188 g/mol. The lowest BCUT2D eigenvalue weighted by molar-refractivity contribution is 0.518. The summed E-state index contributed by atoms with van der Waals surface area (Å²) in [6, 6.07) is 2.01. The molecule has 4 heteroatoms. The molecule has 1 atom stereocenters. The number of hydrogen-bond donors (Lipinski definition) is 2. The van der Waals surface area contributed by atoms with Gasteiger partial charge in [0, 0.05) is 25.9 Å². The highest BCUT2D eigenvalue weighted by atomic mass is 15.3. The van der Waals surface area contributed by atoms with Crippen molar-refractivity contribution >= 4 is 5.82 Å². The second-order valence-electron chi connectivity index (χ2n) is 4.30. The Balaban J connectivity index is 1.58. The van der Waals surface area contributed by atoms with Crippen molar-refractivity contribution in [1.29, 1.82) is 0 Å². The first-order valence-electron chi connectivity index (χ1n) is 5.79. The van der Waals surface area contributed by atoms with Crippen LogP contribution in [0.15, 0.2) is 12.3 Å². The van der Waals surface area contributed by atoms with Crippen molar-refractivity contribution in [3.8, 4) is 0 Å². The van der Waals surface area contributed by atoms with E-state index in [-0.39, 0.29) is 0 Å². The molecule has 15 heavy (non-hydrogen) atoms. The lowest BCUT2D eigenvalue weighted by Crippen LogP contribution is -2.10. The maximum atomic E-state index is 4.27. The van der Waals surface area contributed by atoms with Gasteiger partial charge in [0.15, 0.2) is 0 Å². The van der Waals surface area contributed by atoms with E-state index in [2.05, 4.69) is 15.7 Å². The Labute approximate surface area is 91.1 Å². The number of hydrogen-bond acceptors (Lipinski definition) is 3. The molecule has 1 aliphatic rings. The first kappa shape index (κ1) is 10.5. The maximum absolute atomic E-state index is 4.27. The monoisotopic (exact) mass is 208 g/mol. The summed E-state index contributed by atoms with van der Waals surface area (Å²) in [6.45, 7) is 3.45. The van der Waals surface area contributed by atoms with Gasteiger partial charge in [0.1, 0.15) is 5.82 Å². The molecule has 2 N–H and O–H groups in total. The second-order valence-corrected chi connectivity index (χ2v) is 4.30. The van der Waals surface area contributed by atoms with Crippen molar-refractivity contribution in [2.45, 2.75) is 19.3 Å². The van der Waals surface area contributed by atoms with Gasteiger partial charge in [0.25, 0.3) is 0 Å². The van der Waals surface area contributed by atoms with Gasteiger partial charge < -0.3 is 10.6 Å². The van der Waals surface area contributed by atoms with E-state index < -0.39 is 0 Å². The minimum Gasteiger partial charge on any atom is -0.369 e. The molecule has 0 bridgehead atoms. The van der Waals surface area contributed by atoms with E-state index in [0.29, 0.717) is 0 Å². The molecule has 84 valence electrons. The predicted octanol–water partition coefficient (Wildman–Crippen LogP) is 1.22. The summed E-state index contributed by atoms with van der Waals surface area (Å²) < 4.78 is 1.82. The molecule has 1 saturated heterocycles. The molecule has 1 aromatic heterocycles. The standard InChI is InChI=1S/C11H20N4/c1-15-8-5-11(14-15)13-6-2-3-10-4-7-12-9-10/h5,8,10,12H,2-4,6-7,9H2,1H3,(H,13,14). The van der Waals surface area contributed by atoms with Gasteiger partial charge in [-0.2, -0.15) is 5.10 Å². The van der Waals surface area contributed by atoms with Crippen molar-refractivity contribution in [3.63, 3.8) is 0 Å². The van der Waals surface area contributed by atoms with E-state index in [4.69, 9.17) is 0 Å². The number of rotatable bonds is 5. The molecule has 1 aromatic rings. The van der Waals surface area contributed by atoms with Gasteiger partial charge in [0.2, 0.25) is 0 Å². The van der Waals surface area contributed by atoms with Crippen LogP contribution < -0.4 is 10.6 Å². The topological polar surface area (TPSA) is 41.9 Å². The molecule has 0 spiro atoms. The lowest BCUT2D eigenvalue weighted by atomic mass is 10.0. The van der Waals surface area contributed by atoms with Gasteiger partial charge in [-0.3, -0.25) is 4.68 Å². The first-order chi connectivity index (χ1) is 7.34. The average molecular weight is 208 g/mol. The molecule has 0 saturated carbocycles. The van der Waals surface area contributed by atoms with E-state index in [9.17, 15) is 0 Å². The Morgan fingerprint density at radius 3 is 3.27 bits per heavy atom. The van der Waals surface area contributed by atoms with Crippen LogP contribution in [0, 0.1) is 5.92 Å². The van der Waals surface area contributed by atoms with Crippen LogP contribution in [-0.2, 0) is 7.05 Å². The van der Waals surface area contributed by atoms with Crippen LogP contribution in [0.5, 0.6) is 0 Å². The summed E-state index contributed by atoms with van der Waals surface area (Å²) >= 11 is 0. The van der Waals surface area contributed by atoms with Gasteiger partial charge in [-0.25, -0.2) is 0 Å². The zero-order valence-electron chi connectivity index (χ0n) is 9.37. The SMILES string of the molecule is Cn1ccc(NCCCC2CCNC2)n1. The summed E-state index contributed by atoms with van der Waals surface area (Å²) in [6.07, 6.45) is 5.88. The molecule has 1 fully saturated rings. The molecule has 0 radical (unpaired) electrons. The van der Waals surface area contributed by atoms with E-state index in [1.54, 1.807) is 0 Å². The van der Waals surface area contributed by atoms with Gasteiger partial charge in [-0.15, -0.1) is 0 Å². The fourth-order valence-corrected chi connectivity index (χ4v) is 2.08. The highest BCUT2D eigenvalue weighted by molar-refractivity contribution is 5.31. The van der Waals surface area contributed by atoms with Crippen LogP contribution in [0.1, 0.15) is 19.3 Å². The number of anilines is 1. The van der Waals surface area contributed by atoms with Gasteiger partial charge in [0.05, 0.1) is 0 Å². The summed E-state index contributed by atoms with van der Waals surface area (Å²) in [7, 11) is 1.94. The molecule has 2 rings (SSSR count). The predicted molar refractivity (Wildman–Crippen MR) is 61.9 cm³/mol. The Bertz CT molecular complexity index is 289. The number of nitrogens with zero attached hydrogens (tertiary/aromatic N) is 2. The largest absolute Gasteiger partial charge is 0.369 e. The lowest BCUT2D eigenvalue weighted by Gasteiger charge is -2.07. The van der Waals surface area contributed by atoms with Crippen LogP contribution >= 0.6 is 0 Å². The number of aromatic nitrogens is 2. The highest BCUT2D eigenvalue weighted by Crippen LogP contribution is 2.14. The summed E-state index contributed by atoms with van der Waals surface area (Å²) in [5.41, 5.74) is 0. The third-order valence-corrected chi connectivity index (χ3v) is 2.97. The Kier molecular flexibility index (Phi) is 3.61. The molecule has 1 unspecified atom stereocenters. The highest BCUT2D eigenvalue weighted by Gasteiger charge is 2.13. The smallest absolute Gasteiger partial charge is 0.147 e. The van der Waals surface area contributed by atoms with Crippen LogP contribution in [0.2, 0.25) is 0 Å². The van der Waals surface area contributed by atoms with E-state index in [1.165, 1.54) is 32.4 Å². The molecule has 0 aromatic carbocycles. The molecule has 2 heterocycles. The Morgan fingerprint density at radius 2 is 2.60 bits per heavy atom.